The summed E-state index contributed by atoms with van der Waals surface area (Å²) in [4.78, 5) is 4.28. The van der Waals surface area contributed by atoms with E-state index in [1.807, 2.05) is 29.4 Å². The Kier molecular flexibility index (Phi) is 3.76. The Morgan fingerprint density at radius 2 is 2.22 bits per heavy atom. The molecule has 0 bridgehead atoms. The van der Waals surface area contributed by atoms with Gasteiger partial charge in [0.15, 0.2) is 0 Å². The molecular weight excluding hydrogens is 228 g/mol. The molecule has 2 heterocycles. The summed E-state index contributed by atoms with van der Waals surface area (Å²) in [7, 11) is 1.92. The van der Waals surface area contributed by atoms with Crippen molar-refractivity contribution in [1.82, 2.24) is 24.5 Å². The summed E-state index contributed by atoms with van der Waals surface area (Å²) < 4.78 is 3.75. The molecule has 6 nitrogen and oxygen atoms in total. The van der Waals surface area contributed by atoms with Gasteiger partial charge in [0.1, 0.15) is 12.2 Å². The van der Waals surface area contributed by atoms with E-state index in [9.17, 15) is 0 Å². The Hall–Kier alpha value is -1.69. The number of aromatic nitrogens is 5. The van der Waals surface area contributed by atoms with Crippen LogP contribution < -0.4 is 5.73 Å². The standard InChI is InChI=1S/C12H20N6/c1-4-5-18-12(14-8-15-18)7-10(13)11-6-9(2)16-17(11)3/h6,8,10H,4-5,7,13H2,1-3H3. The zero-order valence-corrected chi connectivity index (χ0v) is 11.2. The van der Waals surface area contributed by atoms with Gasteiger partial charge in [-0.3, -0.25) is 9.36 Å². The number of nitrogens with zero attached hydrogens (tertiary/aromatic N) is 5. The van der Waals surface area contributed by atoms with Crippen molar-refractivity contribution in [2.45, 2.75) is 39.3 Å². The van der Waals surface area contributed by atoms with E-state index in [4.69, 9.17) is 5.73 Å². The predicted molar refractivity (Wildman–Crippen MR) is 68.9 cm³/mol. The highest BCUT2D eigenvalue weighted by Gasteiger charge is 2.15. The van der Waals surface area contributed by atoms with Crippen LogP contribution in [0.3, 0.4) is 0 Å². The third-order valence-electron chi connectivity index (χ3n) is 2.95. The fourth-order valence-corrected chi connectivity index (χ4v) is 2.12. The molecule has 0 aliphatic carbocycles. The lowest BCUT2D eigenvalue weighted by Gasteiger charge is -2.12. The van der Waals surface area contributed by atoms with Gasteiger partial charge in [-0.25, -0.2) is 4.98 Å². The predicted octanol–water partition coefficient (Wildman–Crippen LogP) is 0.973. The lowest BCUT2D eigenvalue weighted by molar-refractivity contribution is 0.534. The average Bonchev–Trinajstić information content (AvgIpc) is 2.87. The monoisotopic (exact) mass is 248 g/mol. The largest absolute Gasteiger partial charge is 0.322 e. The van der Waals surface area contributed by atoms with Crippen LogP contribution in [-0.2, 0) is 20.0 Å². The van der Waals surface area contributed by atoms with Gasteiger partial charge >= 0.3 is 0 Å². The van der Waals surface area contributed by atoms with Gasteiger partial charge in [-0.15, -0.1) is 0 Å². The van der Waals surface area contributed by atoms with Crippen LogP contribution in [0.4, 0.5) is 0 Å². The van der Waals surface area contributed by atoms with Crippen molar-refractivity contribution in [3.05, 3.63) is 29.6 Å². The number of aryl methyl sites for hydroxylation is 3. The van der Waals surface area contributed by atoms with Crippen LogP contribution in [0.15, 0.2) is 12.4 Å². The minimum Gasteiger partial charge on any atom is -0.322 e. The Bertz CT molecular complexity index is 512. The second-order valence-electron chi connectivity index (χ2n) is 4.54. The first-order valence-electron chi connectivity index (χ1n) is 6.24. The number of nitrogens with two attached hydrogens (primary N) is 1. The highest BCUT2D eigenvalue weighted by molar-refractivity contribution is 5.14. The van der Waals surface area contributed by atoms with E-state index >= 15 is 0 Å². The van der Waals surface area contributed by atoms with Gasteiger partial charge in [0.05, 0.1) is 17.4 Å². The van der Waals surface area contributed by atoms with Crippen LogP contribution in [-0.4, -0.2) is 24.5 Å². The minimum absolute atomic E-state index is 0.101. The van der Waals surface area contributed by atoms with Crippen molar-refractivity contribution >= 4 is 0 Å². The summed E-state index contributed by atoms with van der Waals surface area (Å²) in [6.07, 6.45) is 3.31. The second-order valence-corrected chi connectivity index (χ2v) is 4.54. The van der Waals surface area contributed by atoms with Gasteiger partial charge < -0.3 is 5.73 Å². The van der Waals surface area contributed by atoms with E-state index in [1.54, 1.807) is 6.33 Å². The molecule has 0 radical (unpaired) electrons. The Morgan fingerprint density at radius 3 is 2.83 bits per heavy atom. The Labute approximate surface area is 107 Å². The molecule has 2 N–H and O–H groups in total. The SMILES string of the molecule is CCCn1ncnc1CC(N)c1cc(C)nn1C. The van der Waals surface area contributed by atoms with Crippen molar-refractivity contribution in [3.8, 4) is 0 Å². The summed E-state index contributed by atoms with van der Waals surface area (Å²) in [6.45, 7) is 4.97. The molecule has 2 rings (SSSR count). The molecule has 0 aliphatic heterocycles. The van der Waals surface area contributed by atoms with Gasteiger partial charge in [-0.05, 0) is 19.4 Å². The van der Waals surface area contributed by atoms with E-state index in [0.717, 1.165) is 30.2 Å². The summed E-state index contributed by atoms with van der Waals surface area (Å²) >= 11 is 0. The average molecular weight is 248 g/mol. The van der Waals surface area contributed by atoms with Crippen LogP contribution in [0.25, 0.3) is 0 Å². The van der Waals surface area contributed by atoms with Crippen LogP contribution >= 0.6 is 0 Å². The van der Waals surface area contributed by atoms with Crippen LogP contribution in [0, 0.1) is 6.92 Å². The molecule has 2 aromatic heterocycles. The van der Waals surface area contributed by atoms with Crippen molar-refractivity contribution < 1.29 is 0 Å². The molecular formula is C12H20N6. The topological polar surface area (TPSA) is 74.6 Å². The molecule has 0 spiro atoms. The maximum atomic E-state index is 6.22. The maximum Gasteiger partial charge on any atom is 0.138 e. The van der Waals surface area contributed by atoms with E-state index in [1.165, 1.54) is 0 Å². The highest BCUT2D eigenvalue weighted by Crippen LogP contribution is 2.15. The van der Waals surface area contributed by atoms with E-state index in [2.05, 4.69) is 22.1 Å². The fraction of sp³-hybridized carbons (Fsp3) is 0.583. The third-order valence-corrected chi connectivity index (χ3v) is 2.95. The van der Waals surface area contributed by atoms with Crippen LogP contribution in [0.1, 0.15) is 36.6 Å². The van der Waals surface area contributed by atoms with E-state index < -0.39 is 0 Å². The Balaban J connectivity index is 2.13. The summed E-state index contributed by atoms with van der Waals surface area (Å²) in [5, 5.41) is 8.52. The van der Waals surface area contributed by atoms with Crippen LogP contribution in [0.2, 0.25) is 0 Å². The Morgan fingerprint density at radius 1 is 1.44 bits per heavy atom. The molecule has 0 saturated carbocycles. The van der Waals surface area contributed by atoms with Gasteiger partial charge in [-0.1, -0.05) is 6.92 Å². The lowest BCUT2D eigenvalue weighted by Crippen LogP contribution is -2.19. The van der Waals surface area contributed by atoms with E-state index in [0.29, 0.717) is 6.42 Å². The minimum atomic E-state index is -0.101. The number of rotatable bonds is 5. The normalized spacial score (nSPS) is 12.9. The summed E-state index contributed by atoms with van der Waals surface area (Å²) in [6, 6.07) is 1.92. The molecule has 0 aromatic carbocycles. The van der Waals surface area contributed by atoms with Gasteiger partial charge in [0, 0.05) is 20.0 Å². The third kappa shape index (κ3) is 2.59. The smallest absolute Gasteiger partial charge is 0.138 e. The molecule has 0 saturated heterocycles. The first-order chi connectivity index (χ1) is 8.61. The van der Waals surface area contributed by atoms with Gasteiger partial charge in [0.25, 0.3) is 0 Å². The van der Waals surface area contributed by atoms with Crippen molar-refractivity contribution in [1.29, 1.82) is 0 Å². The quantitative estimate of drug-likeness (QED) is 0.855. The first-order valence-corrected chi connectivity index (χ1v) is 6.24. The van der Waals surface area contributed by atoms with E-state index in [-0.39, 0.29) is 6.04 Å². The molecule has 18 heavy (non-hydrogen) atoms. The molecule has 1 unspecified atom stereocenters. The number of hydrogen-bond acceptors (Lipinski definition) is 4. The molecule has 2 aromatic rings. The molecule has 6 heteroatoms. The molecule has 0 fully saturated rings. The molecule has 0 amide bonds. The van der Waals surface area contributed by atoms with Crippen molar-refractivity contribution in [2.24, 2.45) is 12.8 Å². The van der Waals surface area contributed by atoms with Gasteiger partial charge in [-0.2, -0.15) is 10.2 Å². The molecule has 1 atom stereocenters. The molecule has 0 aliphatic rings. The fourth-order valence-electron chi connectivity index (χ4n) is 2.12. The second kappa shape index (κ2) is 5.30. The van der Waals surface area contributed by atoms with Crippen molar-refractivity contribution in [2.75, 3.05) is 0 Å². The maximum absolute atomic E-state index is 6.22. The summed E-state index contributed by atoms with van der Waals surface area (Å²) in [5.41, 5.74) is 8.23. The zero-order chi connectivity index (χ0) is 13.1. The highest BCUT2D eigenvalue weighted by atomic mass is 15.3. The zero-order valence-electron chi connectivity index (χ0n) is 11.2. The number of hydrogen-bond donors (Lipinski definition) is 1. The van der Waals surface area contributed by atoms with Gasteiger partial charge in [0.2, 0.25) is 0 Å². The molecule has 98 valence electrons. The lowest BCUT2D eigenvalue weighted by atomic mass is 10.1. The summed E-state index contributed by atoms with van der Waals surface area (Å²) in [5.74, 6) is 0.934. The van der Waals surface area contributed by atoms with Crippen LogP contribution in [0.5, 0.6) is 0 Å². The first kappa shape index (κ1) is 12.8. The van der Waals surface area contributed by atoms with Crippen molar-refractivity contribution in [3.63, 3.8) is 0 Å².